The van der Waals surface area contributed by atoms with Gasteiger partial charge in [0.1, 0.15) is 22.3 Å². The molecule has 0 fully saturated rings. The van der Waals surface area contributed by atoms with Gasteiger partial charge in [0, 0.05) is 32.7 Å². The molecule has 3 aromatic heterocycles. The van der Waals surface area contributed by atoms with Gasteiger partial charge >= 0.3 is 0 Å². The maximum absolute atomic E-state index is 6.67. The normalized spacial score (nSPS) is 13.0. The van der Waals surface area contributed by atoms with Crippen LogP contribution in [0.25, 0.3) is 110 Å². The first-order chi connectivity index (χ1) is 30.7. The Kier molecular flexibility index (Phi) is 7.66. The highest BCUT2D eigenvalue weighted by atomic mass is 16.3. The minimum absolute atomic E-state index is 0.583. The maximum atomic E-state index is 6.67. The van der Waals surface area contributed by atoms with Gasteiger partial charge < -0.3 is 8.83 Å². The van der Waals surface area contributed by atoms with Crippen molar-refractivity contribution in [2.45, 2.75) is 12.8 Å². The summed E-state index contributed by atoms with van der Waals surface area (Å²) in [6, 6.07) is 66.1. The van der Waals surface area contributed by atoms with Gasteiger partial charge in [-0.25, -0.2) is 15.0 Å². The summed E-state index contributed by atoms with van der Waals surface area (Å²) in [5, 5.41) is 11.4. The first-order valence-corrected chi connectivity index (χ1v) is 21.1. The van der Waals surface area contributed by atoms with Crippen molar-refractivity contribution in [2.75, 3.05) is 0 Å². The highest BCUT2D eigenvalue weighted by Crippen LogP contribution is 2.40. The molecule has 13 rings (SSSR count). The van der Waals surface area contributed by atoms with Crippen LogP contribution in [0.3, 0.4) is 0 Å². The zero-order valence-electron chi connectivity index (χ0n) is 33.5. The monoisotopic (exact) mass is 793 g/mol. The lowest BCUT2D eigenvalue weighted by atomic mass is 9.87. The lowest BCUT2D eigenvalue weighted by molar-refractivity contribution is 0.669. The highest BCUT2D eigenvalue weighted by Gasteiger charge is 2.23. The molecule has 290 valence electrons. The van der Waals surface area contributed by atoms with E-state index in [0.29, 0.717) is 17.5 Å². The molecule has 1 aliphatic carbocycles. The minimum Gasteiger partial charge on any atom is -0.456 e. The smallest absolute Gasteiger partial charge is 0.167 e. The molecule has 62 heavy (non-hydrogen) atoms. The van der Waals surface area contributed by atoms with Gasteiger partial charge in [-0.1, -0.05) is 152 Å². The molecule has 12 aromatic rings. The number of rotatable bonds is 5. The van der Waals surface area contributed by atoms with Crippen molar-refractivity contribution in [3.8, 4) is 33.9 Å². The van der Waals surface area contributed by atoms with Gasteiger partial charge in [-0.05, 0) is 103 Å². The number of aromatic nitrogens is 3. The molecule has 0 bridgehead atoms. The van der Waals surface area contributed by atoms with Gasteiger partial charge in [-0.2, -0.15) is 0 Å². The Morgan fingerprint density at radius 2 is 0.968 bits per heavy atom. The van der Waals surface area contributed by atoms with E-state index < -0.39 is 0 Å². The third-order valence-corrected chi connectivity index (χ3v) is 12.7. The van der Waals surface area contributed by atoms with Crippen LogP contribution in [0.2, 0.25) is 0 Å². The first kappa shape index (κ1) is 34.7. The van der Waals surface area contributed by atoms with Crippen LogP contribution >= 0.6 is 0 Å². The number of para-hydroxylation sites is 2. The molecule has 9 aromatic carbocycles. The Hall–Kier alpha value is -8.15. The van der Waals surface area contributed by atoms with Gasteiger partial charge in [-0.3, -0.25) is 0 Å². The summed E-state index contributed by atoms with van der Waals surface area (Å²) in [5.74, 6) is 1.88. The molecule has 0 aliphatic heterocycles. The molecule has 5 heteroatoms. The molecule has 0 radical (unpaired) electrons. The number of hydrogen-bond acceptors (Lipinski definition) is 5. The molecule has 0 N–H and O–H groups in total. The predicted octanol–water partition coefficient (Wildman–Crippen LogP) is 13.2. The van der Waals surface area contributed by atoms with Gasteiger partial charge in [-0.15, -0.1) is 0 Å². The third-order valence-electron chi connectivity index (χ3n) is 12.7. The van der Waals surface area contributed by atoms with Gasteiger partial charge in [0.15, 0.2) is 17.5 Å². The maximum Gasteiger partial charge on any atom is 0.167 e. The largest absolute Gasteiger partial charge is 0.456 e. The highest BCUT2D eigenvalue weighted by molar-refractivity contribution is 6.12. The van der Waals surface area contributed by atoms with E-state index in [9.17, 15) is 0 Å². The Morgan fingerprint density at radius 3 is 1.89 bits per heavy atom. The van der Waals surface area contributed by atoms with E-state index in [-0.39, 0.29) is 0 Å². The van der Waals surface area contributed by atoms with Crippen LogP contribution in [-0.2, 0) is 0 Å². The first-order valence-electron chi connectivity index (χ1n) is 21.1. The summed E-state index contributed by atoms with van der Waals surface area (Å²) in [5.41, 5.74) is 11.0. The molecule has 0 amide bonds. The molecule has 0 atom stereocenters. The van der Waals surface area contributed by atoms with Crippen molar-refractivity contribution in [1.82, 2.24) is 15.0 Å². The van der Waals surface area contributed by atoms with Crippen molar-refractivity contribution in [3.63, 3.8) is 0 Å². The third kappa shape index (κ3) is 5.45. The fourth-order valence-corrected chi connectivity index (χ4v) is 9.77. The summed E-state index contributed by atoms with van der Waals surface area (Å²) in [6.07, 6.45) is 1.55. The van der Waals surface area contributed by atoms with Crippen molar-refractivity contribution in [3.05, 3.63) is 210 Å². The standard InChI is InChI=1S/C57H35N3O2/c1-2-14-36-32-38(27-26-34(36)12-1)55-58-56(60-57(59-55)49-23-10-22-46-44-19-7-8-24-50(44)62-54(46)49)47-31-30-43(41-17-5-6-18-42(41)47)45-21-11-25-51-53(45)48-29-28-37(33-52(48)61-51)40-20-9-15-35-13-3-4-16-39(35)40/h1-29,32-33H,30-31H2. The number of furan rings is 2. The minimum atomic E-state index is 0.583. The van der Waals surface area contributed by atoms with E-state index in [0.717, 1.165) is 89.6 Å². The summed E-state index contributed by atoms with van der Waals surface area (Å²) < 4.78 is 13.2. The lowest BCUT2D eigenvalue weighted by Crippen LogP contribution is -2.33. The van der Waals surface area contributed by atoms with Crippen LogP contribution in [-0.4, -0.2) is 15.0 Å². The fraction of sp³-hybridized carbons (Fsp3) is 0.0351. The van der Waals surface area contributed by atoms with E-state index >= 15 is 0 Å². The summed E-state index contributed by atoms with van der Waals surface area (Å²) in [7, 11) is 0. The molecule has 0 spiro atoms. The Balaban J connectivity index is 1.02. The van der Waals surface area contributed by atoms with Crippen molar-refractivity contribution < 1.29 is 8.83 Å². The van der Waals surface area contributed by atoms with Crippen LogP contribution in [0.1, 0.15) is 24.2 Å². The van der Waals surface area contributed by atoms with Crippen molar-refractivity contribution >= 4 is 76.6 Å². The van der Waals surface area contributed by atoms with Gasteiger partial charge in [0.25, 0.3) is 0 Å². The zero-order valence-corrected chi connectivity index (χ0v) is 33.5. The summed E-state index contributed by atoms with van der Waals surface area (Å²) in [4.78, 5) is 15.8. The molecule has 5 nitrogen and oxygen atoms in total. The summed E-state index contributed by atoms with van der Waals surface area (Å²) >= 11 is 0. The van der Waals surface area contributed by atoms with Crippen molar-refractivity contribution in [2.24, 2.45) is 0 Å². The van der Waals surface area contributed by atoms with Crippen molar-refractivity contribution in [1.29, 1.82) is 0 Å². The number of fused-ring (bicyclic) bond motifs is 9. The zero-order chi connectivity index (χ0) is 40.7. The molecule has 3 heterocycles. The van der Waals surface area contributed by atoms with Crippen LogP contribution in [0, 0.1) is 0 Å². The molecular formula is C57H35N3O2. The average Bonchev–Trinajstić information content (AvgIpc) is 3.91. The van der Waals surface area contributed by atoms with E-state index in [2.05, 4.69) is 170 Å². The number of benzene rings is 9. The lowest BCUT2D eigenvalue weighted by Gasteiger charge is -2.18. The Bertz CT molecular complexity index is 3940. The van der Waals surface area contributed by atoms with Crippen LogP contribution in [0.5, 0.6) is 0 Å². The van der Waals surface area contributed by atoms with E-state index in [4.69, 9.17) is 23.8 Å². The predicted molar refractivity (Wildman–Crippen MR) is 252 cm³/mol. The molecule has 1 aliphatic rings. The fourth-order valence-electron chi connectivity index (χ4n) is 9.77. The van der Waals surface area contributed by atoms with Gasteiger partial charge in [0.05, 0.1) is 5.56 Å². The average molecular weight is 794 g/mol. The molecule has 0 saturated carbocycles. The summed E-state index contributed by atoms with van der Waals surface area (Å²) in [6.45, 7) is 0. The van der Waals surface area contributed by atoms with Crippen LogP contribution in [0.4, 0.5) is 0 Å². The number of hydrogen-bond donors (Lipinski definition) is 0. The second kappa shape index (κ2) is 13.7. The van der Waals surface area contributed by atoms with E-state index in [1.165, 1.54) is 38.1 Å². The number of nitrogens with zero attached hydrogens (tertiary/aromatic N) is 3. The second-order valence-corrected chi connectivity index (χ2v) is 16.2. The van der Waals surface area contributed by atoms with E-state index in [1.54, 1.807) is 0 Å². The molecule has 0 saturated heterocycles. The SMILES string of the molecule is c1ccc2c(c1)=C(c1nc(-c3ccc4ccccc4c3)nc(-c3cccc4c3oc3ccccc34)n1)CCC=2c1cccc2oc3cc(-c4cccc5ccccc45)ccc3c12. The molecular weight excluding hydrogens is 759 g/mol. The quantitative estimate of drug-likeness (QED) is 0.174. The molecule has 0 unspecified atom stereocenters. The van der Waals surface area contributed by atoms with E-state index in [1.807, 2.05) is 18.2 Å². The van der Waals surface area contributed by atoms with Gasteiger partial charge in [0.2, 0.25) is 0 Å². The Labute approximate surface area is 355 Å². The topological polar surface area (TPSA) is 65.0 Å². The van der Waals surface area contributed by atoms with Crippen LogP contribution < -0.4 is 10.4 Å². The van der Waals surface area contributed by atoms with Crippen LogP contribution in [0.15, 0.2) is 197 Å². The second-order valence-electron chi connectivity index (χ2n) is 16.2. The Morgan fingerprint density at radius 1 is 0.339 bits per heavy atom.